The van der Waals surface area contributed by atoms with Crippen molar-refractivity contribution in [2.24, 2.45) is 0 Å². The zero-order chi connectivity index (χ0) is 24.2. The van der Waals surface area contributed by atoms with E-state index < -0.39 is 0 Å². The number of piperidine rings is 1. The van der Waals surface area contributed by atoms with E-state index in [1.807, 2.05) is 84.6 Å². The van der Waals surface area contributed by atoms with Gasteiger partial charge in [-0.15, -0.1) is 0 Å². The Morgan fingerprint density at radius 1 is 1.00 bits per heavy atom. The van der Waals surface area contributed by atoms with E-state index in [1.54, 1.807) is 11.8 Å². The average Bonchev–Trinajstić information content (AvgIpc) is 3.31. The maximum Gasteiger partial charge on any atom is 0.253 e. The normalized spacial score (nSPS) is 14.3. The number of imidazole rings is 1. The first-order valence-corrected chi connectivity index (χ1v) is 12.9. The number of aromatic nitrogens is 2. The van der Waals surface area contributed by atoms with Gasteiger partial charge in [-0.2, -0.15) is 0 Å². The Kier molecular flexibility index (Phi) is 6.86. The van der Waals surface area contributed by atoms with Gasteiger partial charge in [-0.25, -0.2) is 4.98 Å². The number of likely N-dealkylation sites (tertiary alicyclic amines) is 1. The van der Waals surface area contributed by atoms with Crippen molar-refractivity contribution in [3.05, 3.63) is 95.1 Å². The molecule has 1 aromatic heterocycles. The van der Waals surface area contributed by atoms with Crippen LogP contribution in [-0.4, -0.2) is 45.8 Å². The quantitative estimate of drug-likeness (QED) is 0.369. The highest BCUT2D eigenvalue weighted by Gasteiger charge is 2.25. The molecule has 2 amide bonds. The van der Waals surface area contributed by atoms with Gasteiger partial charge in [-0.3, -0.25) is 9.59 Å². The number of carbonyl (C=O) groups is 2. The van der Waals surface area contributed by atoms with E-state index in [4.69, 9.17) is 0 Å². The number of aromatic amines is 1. The monoisotopic (exact) mass is 484 g/mol. The van der Waals surface area contributed by atoms with Crippen LogP contribution < -0.4 is 5.32 Å². The lowest BCUT2D eigenvalue weighted by Crippen LogP contribution is -2.46. The van der Waals surface area contributed by atoms with Crippen LogP contribution in [0.4, 0.5) is 0 Å². The predicted molar refractivity (Wildman–Crippen MR) is 140 cm³/mol. The fraction of sp³-hybridized carbons (Fsp3) is 0.250. The van der Waals surface area contributed by atoms with E-state index in [1.165, 1.54) is 0 Å². The van der Waals surface area contributed by atoms with Gasteiger partial charge in [0, 0.05) is 36.0 Å². The first-order valence-electron chi connectivity index (χ1n) is 11.9. The number of aryl methyl sites for hydroxylation is 1. The van der Waals surface area contributed by atoms with Gasteiger partial charge in [-0.05, 0) is 55.7 Å². The Morgan fingerprint density at radius 2 is 1.71 bits per heavy atom. The van der Waals surface area contributed by atoms with Crippen LogP contribution >= 0.6 is 11.8 Å². The second-order valence-corrected chi connectivity index (χ2v) is 9.87. The van der Waals surface area contributed by atoms with Crippen molar-refractivity contribution >= 4 is 34.6 Å². The number of thioether (sulfide) groups is 1. The van der Waals surface area contributed by atoms with E-state index in [0.717, 1.165) is 40.2 Å². The molecule has 0 unspecified atom stereocenters. The molecular weight excluding hydrogens is 456 g/mol. The number of hydrogen-bond donors (Lipinski definition) is 2. The third kappa shape index (κ3) is 5.41. The molecule has 0 saturated carbocycles. The van der Waals surface area contributed by atoms with Crippen LogP contribution in [0.2, 0.25) is 0 Å². The van der Waals surface area contributed by atoms with Gasteiger partial charge in [0.2, 0.25) is 0 Å². The number of nitrogens with zero attached hydrogens (tertiary/aromatic N) is 2. The van der Waals surface area contributed by atoms with Crippen molar-refractivity contribution in [3.8, 4) is 0 Å². The standard InChI is InChI=1S/C28H28N4O2S/c1-19-10-12-20(13-11-19)27(34)32-16-14-22(15-17-32)29-26(33)23-7-3-2-6-21(23)18-35-28-30-24-8-4-5-9-25(24)31-28/h2-13,22H,14-18H2,1H3,(H,29,33)(H,30,31). The molecule has 0 atom stereocenters. The number of rotatable bonds is 6. The van der Waals surface area contributed by atoms with Gasteiger partial charge >= 0.3 is 0 Å². The van der Waals surface area contributed by atoms with Crippen molar-refractivity contribution in [2.45, 2.75) is 36.7 Å². The minimum Gasteiger partial charge on any atom is -0.349 e. The van der Waals surface area contributed by atoms with Crippen molar-refractivity contribution < 1.29 is 9.59 Å². The zero-order valence-electron chi connectivity index (χ0n) is 19.7. The summed E-state index contributed by atoms with van der Waals surface area (Å²) < 4.78 is 0. The summed E-state index contributed by atoms with van der Waals surface area (Å²) >= 11 is 1.59. The van der Waals surface area contributed by atoms with Gasteiger partial charge in [0.25, 0.3) is 11.8 Å². The molecule has 1 aliphatic rings. The van der Waals surface area contributed by atoms with Crippen LogP contribution in [0.1, 0.15) is 44.7 Å². The highest BCUT2D eigenvalue weighted by Crippen LogP contribution is 2.25. The van der Waals surface area contributed by atoms with E-state index >= 15 is 0 Å². The lowest BCUT2D eigenvalue weighted by Gasteiger charge is -2.32. The van der Waals surface area contributed by atoms with E-state index in [2.05, 4.69) is 15.3 Å². The van der Waals surface area contributed by atoms with E-state index in [0.29, 0.717) is 30.0 Å². The molecule has 0 aliphatic carbocycles. The second-order valence-electron chi connectivity index (χ2n) is 8.91. The van der Waals surface area contributed by atoms with Gasteiger partial charge in [0.1, 0.15) is 0 Å². The number of carbonyl (C=O) groups excluding carboxylic acids is 2. The molecule has 4 aromatic rings. The predicted octanol–water partition coefficient (Wildman–Crippen LogP) is 5.20. The molecule has 2 heterocycles. The maximum absolute atomic E-state index is 13.1. The third-order valence-corrected chi connectivity index (χ3v) is 7.33. The summed E-state index contributed by atoms with van der Waals surface area (Å²) in [5.74, 6) is 0.643. The van der Waals surface area contributed by atoms with Gasteiger partial charge in [0.15, 0.2) is 5.16 Å². The zero-order valence-corrected chi connectivity index (χ0v) is 20.5. The van der Waals surface area contributed by atoms with Crippen molar-refractivity contribution in [1.29, 1.82) is 0 Å². The molecule has 2 N–H and O–H groups in total. The van der Waals surface area contributed by atoms with E-state index in [-0.39, 0.29) is 17.9 Å². The Bertz CT molecular complexity index is 1310. The van der Waals surface area contributed by atoms with Gasteiger partial charge in [0.05, 0.1) is 11.0 Å². The summed E-state index contributed by atoms with van der Waals surface area (Å²) in [4.78, 5) is 35.7. The molecule has 0 radical (unpaired) electrons. The van der Waals surface area contributed by atoms with Crippen LogP contribution in [-0.2, 0) is 5.75 Å². The number of H-pyrrole nitrogens is 1. The minimum atomic E-state index is -0.0610. The maximum atomic E-state index is 13.1. The lowest BCUT2D eigenvalue weighted by molar-refractivity contribution is 0.0698. The Balaban J connectivity index is 1.17. The van der Waals surface area contributed by atoms with Crippen LogP contribution in [0, 0.1) is 6.92 Å². The van der Waals surface area contributed by atoms with Crippen LogP contribution in [0.5, 0.6) is 0 Å². The molecule has 1 fully saturated rings. The fourth-order valence-corrected chi connectivity index (χ4v) is 5.27. The first-order chi connectivity index (χ1) is 17.1. The third-order valence-electron chi connectivity index (χ3n) is 6.41. The second kappa shape index (κ2) is 10.4. The summed E-state index contributed by atoms with van der Waals surface area (Å²) in [6.45, 7) is 3.29. The Labute approximate surface area is 209 Å². The van der Waals surface area contributed by atoms with Crippen molar-refractivity contribution in [1.82, 2.24) is 20.2 Å². The largest absolute Gasteiger partial charge is 0.349 e. The number of hydrogen-bond acceptors (Lipinski definition) is 4. The summed E-state index contributed by atoms with van der Waals surface area (Å²) in [5.41, 5.74) is 5.46. The van der Waals surface area contributed by atoms with Crippen LogP contribution in [0.25, 0.3) is 11.0 Å². The Morgan fingerprint density at radius 3 is 2.49 bits per heavy atom. The molecule has 35 heavy (non-hydrogen) atoms. The molecule has 5 rings (SSSR count). The van der Waals surface area contributed by atoms with Crippen molar-refractivity contribution in [3.63, 3.8) is 0 Å². The Hall–Kier alpha value is -3.58. The summed E-state index contributed by atoms with van der Waals surface area (Å²) in [5, 5.41) is 4.03. The van der Waals surface area contributed by atoms with Gasteiger partial charge in [-0.1, -0.05) is 59.8 Å². The highest BCUT2D eigenvalue weighted by molar-refractivity contribution is 7.98. The fourth-order valence-electron chi connectivity index (χ4n) is 4.38. The van der Waals surface area contributed by atoms with Crippen LogP contribution in [0.3, 0.4) is 0 Å². The molecule has 0 bridgehead atoms. The summed E-state index contributed by atoms with van der Waals surface area (Å²) in [6.07, 6.45) is 1.50. The first kappa shape index (κ1) is 23.2. The van der Waals surface area contributed by atoms with Crippen LogP contribution in [0.15, 0.2) is 78.0 Å². The number of para-hydroxylation sites is 2. The molecule has 3 aromatic carbocycles. The minimum absolute atomic E-state index is 0.0562. The van der Waals surface area contributed by atoms with E-state index in [9.17, 15) is 9.59 Å². The topological polar surface area (TPSA) is 78.1 Å². The number of benzene rings is 3. The number of fused-ring (bicyclic) bond motifs is 1. The molecule has 0 spiro atoms. The van der Waals surface area contributed by atoms with Gasteiger partial charge < -0.3 is 15.2 Å². The summed E-state index contributed by atoms with van der Waals surface area (Å²) in [6, 6.07) is 23.4. The molecular formula is C28H28N4O2S. The molecule has 178 valence electrons. The SMILES string of the molecule is Cc1ccc(C(=O)N2CCC(NC(=O)c3ccccc3CSc3nc4ccccc4[nH]3)CC2)cc1. The summed E-state index contributed by atoms with van der Waals surface area (Å²) in [7, 11) is 0. The lowest BCUT2D eigenvalue weighted by atomic mass is 10.0. The number of amides is 2. The molecule has 1 aliphatic heterocycles. The van der Waals surface area contributed by atoms with Crippen molar-refractivity contribution in [2.75, 3.05) is 13.1 Å². The smallest absolute Gasteiger partial charge is 0.253 e. The molecule has 1 saturated heterocycles. The molecule has 7 heteroatoms. The molecule has 6 nitrogen and oxygen atoms in total. The average molecular weight is 485 g/mol. The number of nitrogens with one attached hydrogen (secondary N) is 2. The highest BCUT2D eigenvalue weighted by atomic mass is 32.2.